The molecule has 1 aliphatic rings. The normalized spacial score (nSPS) is 19.1. The molecule has 1 saturated heterocycles. The van der Waals surface area contributed by atoms with Gasteiger partial charge in [0.2, 0.25) is 5.91 Å². The van der Waals surface area contributed by atoms with E-state index >= 15 is 0 Å². The van der Waals surface area contributed by atoms with Gasteiger partial charge in [-0.25, -0.2) is 0 Å². The lowest BCUT2D eigenvalue weighted by molar-refractivity contribution is -0.120. The largest absolute Gasteiger partial charge is 0.356 e. The maximum Gasteiger partial charge on any atom is 0.226 e. The molecular formula is C18H25N3O2. The number of carbonyl (C=O) groups excluding carboxylic acids is 1. The molecule has 5 heteroatoms. The van der Waals surface area contributed by atoms with Crippen LogP contribution >= 0.6 is 0 Å². The number of aryl methyl sites for hydroxylation is 1. The molecule has 124 valence electrons. The van der Waals surface area contributed by atoms with E-state index in [1.807, 2.05) is 25.1 Å². The standard InChI is InChI=1S/C18H25N3O2/c1-13-6-7-17-15(11-13)16(20-23-17)12-18(22)19-8-10-21-9-4-3-5-14(21)2/h6-7,11,14H,3-5,8-10,12H2,1-2H3,(H,19,22). The third-order valence-corrected chi connectivity index (χ3v) is 4.69. The Morgan fingerprint density at radius 2 is 2.30 bits per heavy atom. The van der Waals surface area contributed by atoms with Crippen molar-refractivity contribution >= 4 is 16.9 Å². The second-order valence-electron chi connectivity index (χ2n) is 6.54. The minimum atomic E-state index is 0.00590. The number of rotatable bonds is 5. The molecule has 0 bridgehead atoms. The van der Waals surface area contributed by atoms with E-state index in [0.29, 0.717) is 18.3 Å². The fourth-order valence-electron chi connectivity index (χ4n) is 3.27. The SMILES string of the molecule is Cc1ccc2onc(CC(=O)NCCN3CCCCC3C)c2c1. The number of piperidine rings is 1. The monoisotopic (exact) mass is 315 g/mol. The quantitative estimate of drug-likeness (QED) is 0.921. The summed E-state index contributed by atoms with van der Waals surface area (Å²) in [7, 11) is 0. The molecule has 1 fully saturated rings. The van der Waals surface area contributed by atoms with Crippen LogP contribution < -0.4 is 5.32 Å². The van der Waals surface area contributed by atoms with Gasteiger partial charge in [-0.1, -0.05) is 23.2 Å². The number of hydrogen-bond acceptors (Lipinski definition) is 4. The predicted octanol–water partition coefficient (Wildman–Crippen LogP) is 2.67. The number of hydrogen-bond donors (Lipinski definition) is 1. The van der Waals surface area contributed by atoms with Crippen molar-refractivity contribution in [1.82, 2.24) is 15.4 Å². The molecule has 0 aliphatic carbocycles. The van der Waals surface area contributed by atoms with Gasteiger partial charge in [0, 0.05) is 24.5 Å². The highest BCUT2D eigenvalue weighted by Crippen LogP contribution is 2.20. The number of nitrogens with zero attached hydrogens (tertiary/aromatic N) is 2. The Kier molecular flexibility index (Phi) is 4.96. The summed E-state index contributed by atoms with van der Waals surface area (Å²) in [5.41, 5.74) is 2.59. The highest BCUT2D eigenvalue weighted by Gasteiger charge is 2.18. The number of fused-ring (bicyclic) bond motifs is 1. The molecule has 0 spiro atoms. The van der Waals surface area contributed by atoms with Crippen LogP contribution in [0.25, 0.3) is 11.0 Å². The molecule has 1 aromatic carbocycles. The third-order valence-electron chi connectivity index (χ3n) is 4.69. The summed E-state index contributed by atoms with van der Waals surface area (Å²) in [6.45, 7) is 7.05. The number of likely N-dealkylation sites (tertiary alicyclic amines) is 1. The molecule has 3 rings (SSSR count). The molecule has 1 N–H and O–H groups in total. The number of aromatic nitrogens is 1. The summed E-state index contributed by atoms with van der Waals surface area (Å²) in [5.74, 6) is 0.00590. The van der Waals surface area contributed by atoms with Gasteiger partial charge >= 0.3 is 0 Å². The first-order chi connectivity index (χ1) is 11.1. The van der Waals surface area contributed by atoms with Crippen LogP contribution in [0, 0.1) is 6.92 Å². The first kappa shape index (κ1) is 16.0. The van der Waals surface area contributed by atoms with Gasteiger partial charge in [0.15, 0.2) is 5.58 Å². The van der Waals surface area contributed by atoms with E-state index in [1.165, 1.54) is 19.3 Å². The summed E-state index contributed by atoms with van der Waals surface area (Å²) in [4.78, 5) is 14.6. The topological polar surface area (TPSA) is 58.4 Å². The van der Waals surface area contributed by atoms with E-state index in [0.717, 1.165) is 29.6 Å². The number of amides is 1. The summed E-state index contributed by atoms with van der Waals surface area (Å²) in [6, 6.07) is 6.53. The van der Waals surface area contributed by atoms with Crippen molar-refractivity contribution in [2.75, 3.05) is 19.6 Å². The first-order valence-electron chi connectivity index (χ1n) is 8.49. The van der Waals surface area contributed by atoms with Gasteiger partial charge in [-0.3, -0.25) is 9.69 Å². The van der Waals surface area contributed by atoms with Gasteiger partial charge in [-0.2, -0.15) is 0 Å². The lowest BCUT2D eigenvalue weighted by Gasteiger charge is -2.33. The van der Waals surface area contributed by atoms with Gasteiger partial charge in [-0.15, -0.1) is 0 Å². The minimum Gasteiger partial charge on any atom is -0.356 e. The van der Waals surface area contributed by atoms with Crippen molar-refractivity contribution < 1.29 is 9.32 Å². The van der Waals surface area contributed by atoms with Crippen LogP contribution in [0.5, 0.6) is 0 Å². The molecular weight excluding hydrogens is 290 g/mol. The van der Waals surface area contributed by atoms with Crippen LogP contribution in [0.3, 0.4) is 0 Å². The van der Waals surface area contributed by atoms with E-state index in [1.54, 1.807) is 0 Å². The van der Waals surface area contributed by atoms with Gasteiger partial charge in [-0.05, 0) is 45.4 Å². The molecule has 0 radical (unpaired) electrons. The Labute approximate surface area is 137 Å². The summed E-state index contributed by atoms with van der Waals surface area (Å²) in [6.07, 6.45) is 4.12. The van der Waals surface area contributed by atoms with E-state index in [-0.39, 0.29) is 12.3 Å². The number of carbonyl (C=O) groups is 1. The molecule has 5 nitrogen and oxygen atoms in total. The Balaban J connectivity index is 1.51. The predicted molar refractivity (Wildman–Crippen MR) is 90.3 cm³/mol. The zero-order valence-corrected chi connectivity index (χ0v) is 14.0. The van der Waals surface area contributed by atoms with Crippen LogP contribution in [0.2, 0.25) is 0 Å². The van der Waals surface area contributed by atoms with Crippen molar-refractivity contribution in [3.05, 3.63) is 29.5 Å². The lowest BCUT2D eigenvalue weighted by Crippen LogP contribution is -2.42. The van der Waals surface area contributed by atoms with Gasteiger partial charge in [0.1, 0.15) is 5.69 Å². The Morgan fingerprint density at radius 1 is 1.43 bits per heavy atom. The van der Waals surface area contributed by atoms with Crippen LogP contribution in [-0.4, -0.2) is 41.6 Å². The number of benzene rings is 1. The summed E-state index contributed by atoms with van der Waals surface area (Å²) in [5, 5.41) is 7.98. The lowest BCUT2D eigenvalue weighted by atomic mass is 10.0. The first-order valence-corrected chi connectivity index (χ1v) is 8.49. The highest BCUT2D eigenvalue weighted by molar-refractivity contribution is 5.86. The van der Waals surface area contributed by atoms with E-state index in [4.69, 9.17) is 4.52 Å². The maximum atomic E-state index is 12.2. The van der Waals surface area contributed by atoms with E-state index in [9.17, 15) is 4.79 Å². The van der Waals surface area contributed by atoms with Crippen molar-refractivity contribution in [3.8, 4) is 0 Å². The van der Waals surface area contributed by atoms with Crippen molar-refractivity contribution in [3.63, 3.8) is 0 Å². The molecule has 1 aromatic heterocycles. The second-order valence-corrected chi connectivity index (χ2v) is 6.54. The van der Waals surface area contributed by atoms with Crippen LogP contribution in [0.1, 0.15) is 37.4 Å². The van der Waals surface area contributed by atoms with Crippen LogP contribution in [-0.2, 0) is 11.2 Å². The Hall–Kier alpha value is -1.88. The summed E-state index contributed by atoms with van der Waals surface area (Å²) >= 11 is 0. The third kappa shape index (κ3) is 3.91. The van der Waals surface area contributed by atoms with E-state index < -0.39 is 0 Å². The van der Waals surface area contributed by atoms with E-state index in [2.05, 4.69) is 22.3 Å². The zero-order valence-electron chi connectivity index (χ0n) is 14.0. The molecule has 2 heterocycles. The maximum absolute atomic E-state index is 12.2. The van der Waals surface area contributed by atoms with Crippen LogP contribution in [0.15, 0.2) is 22.7 Å². The summed E-state index contributed by atoms with van der Waals surface area (Å²) < 4.78 is 5.28. The molecule has 1 amide bonds. The molecule has 2 aromatic rings. The van der Waals surface area contributed by atoms with Crippen molar-refractivity contribution in [2.45, 2.75) is 45.6 Å². The number of nitrogens with one attached hydrogen (secondary N) is 1. The Bertz CT molecular complexity index is 680. The highest BCUT2D eigenvalue weighted by atomic mass is 16.5. The fraction of sp³-hybridized carbons (Fsp3) is 0.556. The van der Waals surface area contributed by atoms with Crippen LogP contribution in [0.4, 0.5) is 0 Å². The van der Waals surface area contributed by atoms with Gasteiger partial charge in [0.05, 0.1) is 6.42 Å². The van der Waals surface area contributed by atoms with Crippen molar-refractivity contribution in [2.24, 2.45) is 0 Å². The average Bonchev–Trinajstić information content (AvgIpc) is 2.91. The molecule has 1 unspecified atom stereocenters. The molecule has 23 heavy (non-hydrogen) atoms. The van der Waals surface area contributed by atoms with Crippen molar-refractivity contribution in [1.29, 1.82) is 0 Å². The zero-order chi connectivity index (χ0) is 16.2. The van der Waals surface area contributed by atoms with Gasteiger partial charge < -0.3 is 9.84 Å². The smallest absolute Gasteiger partial charge is 0.226 e. The average molecular weight is 315 g/mol. The molecule has 0 saturated carbocycles. The second kappa shape index (κ2) is 7.13. The van der Waals surface area contributed by atoms with Gasteiger partial charge in [0.25, 0.3) is 0 Å². The fourth-order valence-corrected chi connectivity index (χ4v) is 3.27. The molecule has 1 atom stereocenters. The molecule has 1 aliphatic heterocycles. The minimum absolute atomic E-state index is 0.00590. The Morgan fingerprint density at radius 3 is 3.13 bits per heavy atom.